The van der Waals surface area contributed by atoms with Gasteiger partial charge in [0.25, 0.3) is 6.47 Å². The number of hydrogen-bond acceptors (Lipinski definition) is 2. The third-order valence-electron chi connectivity index (χ3n) is 1.56. The standard InChI is InChI=1S/C9H10O.CH2O2/c1-7-3-4-8(2)9(5-7)6-10;2-1-3/h3-6H,1-2H3;1H,(H,2,3). The summed E-state index contributed by atoms with van der Waals surface area (Å²) in [6, 6.07) is 5.85. The number of carboxylic acid groups (broad SMARTS) is 1. The van der Waals surface area contributed by atoms with Crippen LogP contribution in [0.25, 0.3) is 0 Å². The number of aldehydes is 1. The number of hydrogen-bond donors (Lipinski definition) is 1. The molecule has 0 spiro atoms. The van der Waals surface area contributed by atoms with E-state index in [1.165, 1.54) is 0 Å². The highest BCUT2D eigenvalue weighted by atomic mass is 16.3. The molecule has 3 nitrogen and oxygen atoms in total. The van der Waals surface area contributed by atoms with Crippen LogP contribution < -0.4 is 0 Å². The van der Waals surface area contributed by atoms with Crippen LogP contribution in [0.4, 0.5) is 0 Å². The zero-order valence-corrected chi connectivity index (χ0v) is 7.65. The van der Waals surface area contributed by atoms with Crippen LogP contribution >= 0.6 is 0 Å². The van der Waals surface area contributed by atoms with Gasteiger partial charge in [-0.2, -0.15) is 0 Å². The molecule has 0 heterocycles. The first-order valence-electron chi connectivity index (χ1n) is 3.76. The van der Waals surface area contributed by atoms with E-state index in [9.17, 15) is 4.79 Å². The Bertz CT molecular complexity index is 292. The van der Waals surface area contributed by atoms with Gasteiger partial charge < -0.3 is 5.11 Å². The van der Waals surface area contributed by atoms with Crippen LogP contribution in [0.2, 0.25) is 0 Å². The Balaban J connectivity index is 0.000000424. The summed E-state index contributed by atoms with van der Waals surface area (Å²) in [6.07, 6.45) is 0.891. The predicted octanol–water partition coefficient (Wildman–Crippen LogP) is 1.82. The lowest BCUT2D eigenvalue weighted by molar-refractivity contribution is -0.122. The Kier molecular flexibility index (Phi) is 5.19. The van der Waals surface area contributed by atoms with Crippen molar-refractivity contribution in [1.82, 2.24) is 0 Å². The van der Waals surface area contributed by atoms with Crippen LogP contribution in [0.15, 0.2) is 18.2 Å². The van der Waals surface area contributed by atoms with Crippen LogP contribution in [-0.4, -0.2) is 17.9 Å². The second-order valence-corrected chi connectivity index (χ2v) is 2.58. The quantitative estimate of drug-likeness (QED) is 0.670. The maximum atomic E-state index is 10.4. The van der Waals surface area contributed by atoms with Gasteiger partial charge in [-0.15, -0.1) is 0 Å². The van der Waals surface area contributed by atoms with Gasteiger partial charge in [-0.3, -0.25) is 9.59 Å². The lowest BCUT2D eigenvalue weighted by Gasteiger charge is -1.97. The highest BCUT2D eigenvalue weighted by molar-refractivity contribution is 5.77. The molecule has 0 atom stereocenters. The second kappa shape index (κ2) is 5.94. The Labute approximate surface area is 77.0 Å². The molecule has 3 heteroatoms. The van der Waals surface area contributed by atoms with Gasteiger partial charge in [-0.05, 0) is 25.5 Å². The molecular formula is C10H12O3. The predicted molar refractivity (Wildman–Crippen MR) is 50.0 cm³/mol. The zero-order valence-electron chi connectivity index (χ0n) is 7.65. The Morgan fingerprint density at radius 1 is 1.23 bits per heavy atom. The molecule has 1 aromatic rings. The fraction of sp³-hybridized carbons (Fsp3) is 0.200. The number of carbonyl (C=O) groups excluding carboxylic acids is 1. The monoisotopic (exact) mass is 180 g/mol. The first-order valence-corrected chi connectivity index (χ1v) is 3.76. The van der Waals surface area contributed by atoms with E-state index < -0.39 is 0 Å². The lowest BCUT2D eigenvalue weighted by Crippen LogP contribution is -1.85. The van der Waals surface area contributed by atoms with Gasteiger partial charge in [-0.25, -0.2) is 0 Å². The van der Waals surface area contributed by atoms with Gasteiger partial charge in [0.05, 0.1) is 0 Å². The van der Waals surface area contributed by atoms with Crippen LogP contribution in [0.5, 0.6) is 0 Å². The molecule has 1 aromatic carbocycles. The average Bonchev–Trinajstić information content (AvgIpc) is 2.10. The molecule has 1 rings (SSSR count). The molecule has 0 unspecified atom stereocenters. The molecule has 0 bridgehead atoms. The fourth-order valence-electron chi connectivity index (χ4n) is 0.887. The third kappa shape index (κ3) is 4.06. The summed E-state index contributed by atoms with van der Waals surface area (Å²) in [5, 5.41) is 6.89. The molecule has 0 amide bonds. The van der Waals surface area contributed by atoms with Gasteiger partial charge >= 0.3 is 0 Å². The maximum Gasteiger partial charge on any atom is 0.290 e. The van der Waals surface area contributed by atoms with Gasteiger partial charge in [0, 0.05) is 5.56 Å². The number of benzene rings is 1. The average molecular weight is 180 g/mol. The summed E-state index contributed by atoms with van der Waals surface area (Å²) in [4.78, 5) is 18.7. The minimum atomic E-state index is -0.250. The molecule has 1 N–H and O–H groups in total. The summed E-state index contributed by atoms with van der Waals surface area (Å²) in [7, 11) is 0. The zero-order chi connectivity index (χ0) is 10.3. The normalized spacial score (nSPS) is 8.15. The number of carbonyl (C=O) groups is 2. The van der Waals surface area contributed by atoms with Crippen molar-refractivity contribution in [2.24, 2.45) is 0 Å². The van der Waals surface area contributed by atoms with Crippen LogP contribution in [0.3, 0.4) is 0 Å². The molecule has 13 heavy (non-hydrogen) atoms. The summed E-state index contributed by atoms with van der Waals surface area (Å²) < 4.78 is 0. The fourth-order valence-corrected chi connectivity index (χ4v) is 0.887. The Hall–Kier alpha value is -1.64. The van der Waals surface area contributed by atoms with Gasteiger partial charge in [-0.1, -0.05) is 17.7 Å². The molecule has 0 aromatic heterocycles. The number of rotatable bonds is 1. The van der Waals surface area contributed by atoms with Crippen molar-refractivity contribution in [1.29, 1.82) is 0 Å². The van der Waals surface area contributed by atoms with Gasteiger partial charge in [0.2, 0.25) is 0 Å². The van der Waals surface area contributed by atoms with Crippen LogP contribution in [0.1, 0.15) is 21.5 Å². The van der Waals surface area contributed by atoms with Crippen molar-refractivity contribution in [2.75, 3.05) is 0 Å². The smallest absolute Gasteiger partial charge is 0.290 e. The first kappa shape index (κ1) is 11.4. The molecule has 0 fully saturated rings. The van der Waals surface area contributed by atoms with E-state index in [1.807, 2.05) is 32.0 Å². The van der Waals surface area contributed by atoms with Crippen molar-refractivity contribution < 1.29 is 14.7 Å². The van der Waals surface area contributed by atoms with Crippen molar-refractivity contribution in [3.8, 4) is 0 Å². The number of aryl methyl sites for hydroxylation is 2. The molecule has 70 valence electrons. The van der Waals surface area contributed by atoms with E-state index in [-0.39, 0.29) is 6.47 Å². The Morgan fingerprint density at radius 2 is 1.77 bits per heavy atom. The largest absolute Gasteiger partial charge is 0.483 e. The van der Waals surface area contributed by atoms with E-state index >= 15 is 0 Å². The van der Waals surface area contributed by atoms with Crippen molar-refractivity contribution >= 4 is 12.8 Å². The van der Waals surface area contributed by atoms with Crippen molar-refractivity contribution in [3.63, 3.8) is 0 Å². The minimum Gasteiger partial charge on any atom is -0.483 e. The first-order chi connectivity index (χ1) is 6.15. The third-order valence-corrected chi connectivity index (χ3v) is 1.56. The molecule has 0 aliphatic carbocycles. The van der Waals surface area contributed by atoms with E-state index in [1.54, 1.807) is 0 Å². The summed E-state index contributed by atoms with van der Waals surface area (Å²) >= 11 is 0. The minimum absolute atomic E-state index is 0.250. The SMILES string of the molecule is Cc1ccc(C)c(C=O)c1.O=CO. The van der Waals surface area contributed by atoms with E-state index in [2.05, 4.69) is 0 Å². The summed E-state index contributed by atoms with van der Waals surface area (Å²) in [5.74, 6) is 0. The van der Waals surface area contributed by atoms with E-state index in [0.29, 0.717) is 0 Å². The molecule has 0 radical (unpaired) electrons. The van der Waals surface area contributed by atoms with Crippen LogP contribution in [0, 0.1) is 13.8 Å². The molecular weight excluding hydrogens is 168 g/mol. The second-order valence-electron chi connectivity index (χ2n) is 2.58. The molecule has 0 aliphatic rings. The Morgan fingerprint density at radius 3 is 2.15 bits per heavy atom. The lowest BCUT2D eigenvalue weighted by atomic mass is 10.1. The molecule has 0 saturated heterocycles. The maximum absolute atomic E-state index is 10.4. The van der Waals surface area contributed by atoms with Gasteiger partial charge in [0.1, 0.15) is 6.29 Å². The van der Waals surface area contributed by atoms with E-state index in [4.69, 9.17) is 9.90 Å². The van der Waals surface area contributed by atoms with E-state index in [0.717, 1.165) is 23.0 Å². The summed E-state index contributed by atoms with van der Waals surface area (Å²) in [5.41, 5.74) is 2.97. The highest BCUT2D eigenvalue weighted by Gasteiger charge is 1.94. The summed E-state index contributed by atoms with van der Waals surface area (Å²) in [6.45, 7) is 3.66. The van der Waals surface area contributed by atoms with Crippen molar-refractivity contribution in [2.45, 2.75) is 13.8 Å². The van der Waals surface area contributed by atoms with Crippen molar-refractivity contribution in [3.05, 3.63) is 34.9 Å². The topological polar surface area (TPSA) is 54.4 Å². The molecule has 0 aliphatic heterocycles. The van der Waals surface area contributed by atoms with Gasteiger partial charge in [0.15, 0.2) is 0 Å². The molecule has 0 saturated carbocycles. The van der Waals surface area contributed by atoms with Crippen LogP contribution in [-0.2, 0) is 4.79 Å². The highest BCUT2D eigenvalue weighted by Crippen LogP contribution is 2.07.